The number of amides is 1. The van der Waals surface area contributed by atoms with Gasteiger partial charge in [0.1, 0.15) is 0 Å². The van der Waals surface area contributed by atoms with E-state index in [9.17, 15) is 9.59 Å². The van der Waals surface area contributed by atoms with Crippen molar-refractivity contribution in [3.8, 4) is 17.2 Å². The first kappa shape index (κ1) is 23.7. The van der Waals surface area contributed by atoms with Crippen LogP contribution in [-0.2, 0) is 4.84 Å². The van der Waals surface area contributed by atoms with Crippen LogP contribution in [-0.4, -0.2) is 33.2 Å². The summed E-state index contributed by atoms with van der Waals surface area (Å²) in [5, 5.41) is 7.65. The van der Waals surface area contributed by atoms with E-state index in [0.29, 0.717) is 34.2 Å². The van der Waals surface area contributed by atoms with Crippen LogP contribution >= 0.6 is 15.9 Å². The number of anilines is 1. The van der Waals surface area contributed by atoms with Crippen molar-refractivity contribution in [1.29, 1.82) is 0 Å². The van der Waals surface area contributed by atoms with Gasteiger partial charge in [-0.15, -0.1) is 10.2 Å². The number of carbonyl (C=O) groups is 2. The van der Waals surface area contributed by atoms with Gasteiger partial charge in [0, 0.05) is 10.0 Å². The maximum atomic E-state index is 12.4. The second kappa shape index (κ2) is 11.1. The number of halogens is 1. The molecular weight excluding hydrogens is 494 g/mol. The van der Waals surface area contributed by atoms with Crippen LogP contribution in [0.2, 0.25) is 0 Å². The highest BCUT2D eigenvalue weighted by Gasteiger charge is 2.18. The Balaban J connectivity index is 1.62. The molecule has 0 bridgehead atoms. The van der Waals surface area contributed by atoms with Gasteiger partial charge < -0.3 is 19.0 Å². The van der Waals surface area contributed by atoms with Gasteiger partial charge in [0.05, 0.1) is 38.3 Å². The molecule has 10 heteroatoms. The van der Waals surface area contributed by atoms with Crippen molar-refractivity contribution in [3.05, 3.63) is 76.3 Å². The largest absolute Gasteiger partial charge is 0.493 e. The average Bonchev–Trinajstić information content (AvgIpc) is 2.85. The molecule has 3 rings (SSSR count). The van der Waals surface area contributed by atoms with Crippen molar-refractivity contribution in [2.24, 2.45) is 10.2 Å². The van der Waals surface area contributed by atoms with E-state index in [1.165, 1.54) is 33.5 Å². The molecule has 0 saturated carbocycles. The van der Waals surface area contributed by atoms with Crippen LogP contribution in [0.15, 0.2) is 75.4 Å². The van der Waals surface area contributed by atoms with Gasteiger partial charge in [-0.2, -0.15) is 0 Å². The van der Waals surface area contributed by atoms with Crippen LogP contribution in [0.25, 0.3) is 0 Å². The number of methoxy groups -OCH3 is 3. The van der Waals surface area contributed by atoms with Gasteiger partial charge in [-0.3, -0.25) is 4.79 Å². The van der Waals surface area contributed by atoms with E-state index < -0.39 is 11.9 Å². The van der Waals surface area contributed by atoms with Crippen LogP contribution < -0.4 is 19.7 Å². The predicted octanol–water partition coefficient (Wildman–Crippen LogP) is 5.58. The summed E-state index contributed by atoms with van der Waals surface area (Å²) in [6, 6.07) is 16.3. The number of carbonyl (C=O) groups excluding carboxylic acids is 2. The minimum Gasteiger partial charge on any atom is -0.493 e. The number of rotatable bonds is 8. The fraction of sp³-hybridized carbons (Fsp3) is 0.130. The van der Waals surface area contributed by atoms with Gasteiger partial charge in [0.2, 0.25) is 5.75 Å². The second-order valence-corrected chi connectivity index (χ2v) is 7.38. The molecule has 0 unspecified atom stereocenters. The number of ether oxygens (including phenoxy) is 3. The molecule has 0 fully saturated rings. The van der Waals surface area contributed by atoms with Crippen molar-refractivity contribution < 1.29 is 28.6 Å². The topological polar surface area (TPSA) is 108 Å². The van der Waals surface area contributed by atoms with Crippen LogP contribution in [0.4, 0.5) is 11.4 Å². The first-order valence-electron chi connectivity index (χ1n) is 9.54. The highest BCUT2D eigenvalue weighted by atomic mass is 79.9. The zero-order valence-electron chi connectivity index (χ0n) is 18.0. The Kier molecular flexibility index (Phi) is 7.98. The second-order valence-electron chi connectivity index (χ2n) is 6.46. The third-order valence-electron chi connectivity index (χ3n) is 4.38. The molecule has 3 aromatic rings. The number of nitrogens with zero attached hydrogens (tertiary/aromatic N) is 2. The summed E-state index contributed by atoms with van der Waals surface area (Å²) >= 11 is 3.31. The van der Waals surface area contributed by atoms with Gasteiger partial charge in [0.15, 0.2) is 11.5 Å². The van der Waals surface area contributed by atoms with E-state index >= 15 is 0 Å². The molecule has 170 valence electrons. The van der Waals surface area contributed by atoms with E-state index in [0.717, 1.165) is 4.47 Å². The molecule has 0 aromatic heterocycles. The van der Waals surface area contributed by atoms with E-state index in [1.54, 1.807) is 48.5 Å². The Morgan fingerprint density at radius 1 is 0.818 bits per heavy atom. The molecule has 0 aliphatic heterocycles. The quantitative estimate of drug-likeness (QED) is 0.309. The molecule has 0 aliphatic carbocycles. The maximum absolute atomic E-state index is 12.4. The van der Waals surface area contributed by atoms with Gasteiger partial charge in [-0.1, -0.05) is 15.9 Å². The third kappa shape index (κ3) is 6.07. The molecule has 9 nitrogen and oxygen atoms in total. The molecule has 0 heterocycles. The van der Waals surface area contributed by atoms with Crippen LogP contribution in [0.1, 0.15) is 20.7 Å². The van der Waals surface area contributed by atoms with E-state index in [2.05, 4.69) is 31.6 Å². The Labute approximate surface area is 198 Å². The monoisotopic (exact) mass is 513 g/mol. The fourth-order valence-corrected chi connectivity index (χ4v) is 2.98. The number of benzene rings is 3. The Bertz CT molecular complexity index is 1140. The third-order valence-corrected chi connectivity index (χ3v) is 4.91. The van der Waals surface area contributed by atoms with Crippen molar-refractivity contribution in [2.45, 2.75) is 0 Å². The molecule has 1 N–H and O–H groups in total. The van der Waals surface area contributed by atoms with Crippen LogP contribution in [0.5, 0.6) is 17.2 Å². The fourth-order valence-electron chi connectivity index (χ4n) is 2.71. The van der Waals surface area contributed by atoms with Crippen molar-refractivity contribution in [3.63, 3.8) is 0 Å². The minimum absolute atomic E-state index is 0.203. The molecule has 0 atom stereocenters. The van der Waals surface area contributed by atoms with Gasteiger partial charge in [-0.05, 0) is 60.7 Å². The zero-order valence-corrected chi connectivity index (χ0v) is 19.6. The maximum Gasteiger partial charge on any atom is 0.363 e. The van der Waals surface area contributed by atoms with Crippen molar-refractivity contribution in [1.82, 2.24) is 0 Å². The average molecular weight is 514 g/mol. The molecule has 0 aliphatic rings. The number of azo groups is 1. The lowest BCUT2D eigenvalue weighted by molar-refractivity contribution is 0.0595. The molecular formula is C23H20BrN3O6. The first-order valence-corrected chi connectivity index (χ1v) is 10.3. The lowest BCUT2D eigenvalue weighted by Crippen LogP contribution is -2.11. The summed E-state index contributed by atoms with van der Waals surface area (Å²) in [5.41, 5.74) is 4.15. The van der Waals surface area contributed by atoms with Gasteiger partial charge in [0.25, 0.3) is 5.91 Å². The molecule has 3 aromatic carbocycles. The van der Waals surface area contributed by atoms with Crippen LogP contribution in [0, 0.1) is 0 Å². The Morgan fingerprint density at radius 3 is 1.97 bits per heavy atom. The normalized spacial score (nSPS) is 10.5. The molecule has 0 saturated heterocycles. The predicted molar refractivity (Wildman–Crippen MR) is 125 cm³/mol. The summed E-state index contributed by atoms with van der Waals surface area (Å²) in [6.45, 7) is 0. The summed E-state index contributed by atoms with van der Waals surface area (Å²) in [4.78, 5) is 29.7. The van der Waals surface area contributed by atoms with Gasteiger partial charge >= 0.3 is 5.97 Å². The standard InChI is InChI=1S/C23H20BrN3O6/c1-30-19-12-15(13-20(31-2)21(19)32-3)23(29)33-27-18-10-8-17(9-11-18)25-26-22(28)14-4-6-16(24)7-5-14/h4-13,27H,1-3H3. The van der Waals surface area contributed by atoms with E-state index in [-0.39, 0.29) is 5.56 Å². The Morgan fingerprint density at radius 2 is 1.42 bits per heavy atom. The number of hydrogen-bond acceptors (Lipinski definition) is 8. The van der Waals surface area contributed by atoms with Crippen LogP contribution in [0.3, 0.4) is 0 Å². The zero-order chi connectivity index (χ0) is 23.8. The molecule has 0 radical (unpaired) electrons. The summed E-state index contributed by atoms with van der Waals surface area (Å²) in [7, 11) is 4.38. The van der Waals surface area contributed by atoms with Gasteiger partial charge in [-0.25, -0.2) is 10.3 Å². The molecule has 1 amide bonds. The lowest BCUT2D eigenvalue weighted by Gasteiger charge is -2.14. The lowest BCUT2D eigenvalue weighted by atomic mass is 10.2. The van der Waals surface area contributed by atoms with Crippen molar-refractivity contribution in [2.75, 3.05) is 26.8 Å². The van der Waals surface area contributed by atoms with E-state index in [1.807, 2.05) is 0 Å². The first-order chi connectivity index (χ1) is 15.9. The summed E-state index contributed by atoms with van der Waals surface area (Å²) < 4.78 is 16.6. The summed E-state index contributed by atoms with van der Waals surface area (Å²) in [5.74, 6) is -0.0811. The van der Waals surface area contributed by atoms with E-state index in [4.69, 9.17) is 19.0 Å². The smallest absolute Gasteiger partial charge is 0.363 e. The molecule has 33 heavy (non-hydrogen) atoms. The molecule has 0 spiro atoms. The highest BCUT2D eigenvalue weighted by Crippen LogP contribution is 2.38. The number of nitrogens with one attached hydrogen (secondary N) is 1. The Hall–Kier alpha value is -3.92. The van der Waals surface area contributed by atoms with Crippen molar-refractivity contribution >= 4 is 39.2 Å². The minimum atomic E-state index is -0.655. The highest BCUT2D eigenvalue weighted by molar-refractivity contribution is 9.10. The summed E-state index contributed by atoms with van der Waals surface area (Å²) in [6.07, 6.45) is 0. The number of hydrogen-bond donors (Lipinski definition) is 1. The SMILES string of the molecule is COc1cc(C(=O)ONc2ccc(N=NC(=O)c3ccc(Br)cc3)cc2)cc(OC)c1OC.